The van der Waals surface area contributed by atoms with Gasteiger partial charge in [-0.15, -0.1) is 0 Å². The van der Waals surface area contributed by atoms with Crippen LogP contribution in [0.15, 0.2) is 6.20 Å². The van der Waals surface area contributed by atoms with Crippen LogP contribution in [0.3, 0.4) is 0 Å². The zero-order chi connectivity index (χ0) is 11.4. The lowest BCUT2D eigenvalue weighted by atomic mass is 10.1. The summed E-state index contributed by atoms with van der Waals surface area (Å²) in [5.74, 6) is 0.530. The molecule has 0 bridgehead atoms. The lowest BCUT2D eigenvalue weighted by Crippen LogP contribution is -2.12. The van der Waals surface area contributed by atoms with Gasteiger partial charge in [-0.3, -0.25) is 0 Å². The Balaban J connectivity index is 2.83. The van der Waals surface area contributed by atoms with Crippen molar-refractivity contribution in [3.8, 4) is 6.01 Å². The molecule has 1 aromatic heterocycles. The smallest absolute Gasteiger partial charge is 0.316 e. The molecule has 84 valence electrons. The minimum Gasteiger partial charge on any atom is -0.467 e. The lowest BCUT2D eigenvalue weighted by Gasteiger charge is -2.13. The maximum Gasteiger partial charge on any atom is 0.316 e. The largest absolute Gasteiger partial charge is 0.467 e. The van der Waals surface area contributed by atoms with Gasteiger partial charge in [0.1, 0.15) is 0 Å². The SMILES string of the molecule is COc1ncc(Cl)c(CC(Br)C(C)C)n1. The average Bonchev–Trinajstić information content (AvgIpc) is 2.21. The fourth-order valence-electron chi connectivity index (χ4n) is 1.05. The number of hydrogen-bond acceptors (Lipinski definition) is 3. The molecule has 0 saturated heterocycles. The topological polar surface area (TPSA) is 35.0 Å². The standard InChI is InChI=1S/C10H14BrClN2O/c1-6(2)7(11)4-9-8(12)5-13-10(14-9)15-3/h5-7H,4H2,1-3H3. The van der Waals surface area contributed by atoms with Gasteiger partial charge in [-0.2, -0.15) is 4.98 Å². The van der Waals surface area contributed by atoms with Crippen LogP contribution in [-0.2, 0) is 6.42 Å². The van der Waals surface area contributed by atoms with Gasteiger partial charge in [0.05, 0.1) is 24.0 Å². The highest BCUT2D eigenvalue weighted by atomic mass is 79.9. The van der Waals surface area contributed by atoms with E-state index in [1.165, 1.54) is 0 Å². The number of nitrogens with zero attached hydrogens (tertiary/aromatic N) is 2. The van der Waals surface area contributed by atoms with Crippen LogP contribution in [-0.4, -0.2) is 21.9 Å². The van der Waals surface area contributed by atoms with Crippen molar-refractivity contribution in [2.24, 2.45) is 5.92 Å². The highest BCUT2D eigenvalue weighted by molar-refractivity contribution is 9.09. The first kappa shape index (κ1) is 12.7. The van der Waals surface area contributed by atoms with Gasteiger partial charge in [-0.1, -0.05) is 41.4 Å². The van der Waals surface area contributed by atoms with E-state index < -0.39 is 0 Å². The molecule has 0 aromatic carbocycles. The Morgan fingerprint density at radius 2 is 2.20 bits per heavy atom. The zero-order valence-electron chi connectivity index (χ0n) is 9.00. The second-order valence-corrected chi connectivity index (χ2v) is 5.20. The monoisotopic (exact) mass is 292 g/mol. The summed E-state index contributed by atoms with van der Waals surface area (Å²) >= 11 is 9.60. The maximum atomic E-state index is 6.00. The van der Waals surface area contributed by atoms with Gasteiger partial charge >= 0.3 is 6.01 Å². The van der Waals surface area contributed by atoms with Crippen LogP contribution < -0.4 is 4.74 Å². The van der Waals surface area contributed by atoms with Crippen LogP contribution in [0.2, 0.25) is 5.02 Å². The summed E-state index contributed by atoms with van der Waals surface area (Å²) in [5, 5.41) is 0.584. The van der Waals surface area contributed by atoms with E-state index in [9.17, 15) is 0 Å². The van der Waals surface area contributed by atoms with Crippen molar-refractivity contribution in [1.29, 1.82) is 0 Å². The van der Waals surface area contributed by atoms with Gasteiger partial charge in [0.15, 0.2) is 0 Å². The van der Waals surface area contributed by atoms with Crippen molar-refractivity contribution in [1.82, 2.24) is 9.97 Å². The summed E-state index contributed by atoms with van der Waals surface area (Å²) < 4.78 is 4.96. The number of halogens is 2. The summed E-state index contributed by atoms with van der Waals surface area (Å²) in [6, 6.07) is 0.359. The van der Waals surface area contributed by atoms with Gasteiger partial charge in [-0.25, -0.2) is 4.98 Å². The maximum absolute atomic E-state index is 6.00. The van der Waals surface area contributed by atoms with E-state index in [-0.39, 0.29) is 0 Å². The molecule has 0 N–H and O–H groups in total. The third-order valence-corrected chi connectivity index (χ3v) is 3.79. The first-order valence-electron chi connectivity index (χ1n) is 4.74. The van der Waals surface area contributed by atoms with Crippen LogP contribution >= 0.6 is 27.5 Å². The van der Waals surface area contributed by atoms with Crippen molar-refractivity contribution in [2.75, 3.05) is 7.11 Å². The van der Waals surface area contributed by atoms with Crippen LogP contribution in [0.25, 0.3) is 0 Å². The van der Waals surface area contributed by atoms with Gasteiger partial charge in [0.2, 0.25) is 0 Å². The molecule has 15 heavy (non-hydrogen) atoms. The molecule has 0 amide bonds. The van der Waals surface area contributed by atoms with E-state index >= 15 is 0 Å². The van der Waals surface area contributed by atoms with E-state index in [1.807, 2.05) is 0 Å². The highest BCUT2D eigenvalue weighted by Crippen LogP contribution is 2.22. The molecule has 0 fully saturated rings. The number of methoxy groups -OCH3 is 1. The molecule has 3 nitrogen and oxygen atoms in total. The van der Waals surface area contributed by atoms with E-state index in [0.29, 0.717) is 21.8 Å². The summed E-state index contributed by atoms with van der Waals surface area (Å²) in [4.78, 5) is 8.50. The average molecular weight is 294 g/mol. The molecular weight excluding hydrogens is 279 g/mol. The minimum absolute atomic E-state index is 0.356. The number of aromatic nitrogens is 2. The molecule has 0 aliphatic carbocycles. The predicted octanol–water partition coefficient (Wildman–Crippen LogP) is 3.10. The molecule has 1 rings (SSSR count). The highest BCUT2D eigenvalue weighted by Gasteiger charge is 2.14. The second-order valence-electron chi connectivity index (χ2n) is 3.62. The molecular formula is C10H14BrClN2O. The Morgan fingerprint density at radius 3 is 2.73 bits per heavy atom. The van der Waals surface area contributed by atoms with Crippen molar-refractivity contribution < 1.29 is 4.74 Å². The van der Waals surface area contributed by atoms with E-state index in [4.69, 9.17) is 16.3 Å². The fourth-order valence-corrected chi connectivity index (χ4v) is 1.52. The molecule has 0 aliphatic heterocycles. The van der Waals surface area contributed by atoms with Gasteiger partial charge in [0, 0.05) is 11.2 Å². The molecule has 0 saturated carbocycles. The van der Waals surface area contributed by atoms with Crippen LogP contribution in [0, 0.1) is 5.92 Å². The molecule has 1 heterocycles. The molecule has 0 spiro atoms. The third kappa shape index (κ3) is 3.61. The minimum atomic E-state index is 0.356. The number of alkyl halides is 1. The summed E-state index contributed by atoms with van der Waals surface area (Å²) in [5.41, 5.74) is 0.819. The van der Waals surface area contributed by atoms with Crippen molar-refractivity contribution in [3.63, 3.8) is 0 Å². The van der Waals surface area contributed by atoms with E-state index in [0.717, 1.165) is 12.1 Å². The second kappa shape index (κ2) is 5.66. The summed E-state index contributed by atoms with van der Waals surface area (Å²) in [7, 11) is 1.54. The van der Waals surface area contributed by atoms with E-state index in [1.54, 1.807) is 13.3 Å². The molecule has 0 radical (unpaired) electrons. The van der Waals surface area contributed by atoms with Gasteiger partial charge < -0.3 is 4.74 Å². The Hall–Kier alpha value is -0.350. The molecule has 5 heteroatoms. The third-order valence-electron chi connectivity index (χ3n) is 2.09. The van der Waals surface area contributed by atoms with Crippen molar-refractivity contribution in [3.05, 3.63) is 16.9 Å². The molecule has 1 unspecified atom stereocenters. The Bertz CT molecular complexity index is 333. The summed E-state index contributed by atoms with van der Waals surface area (Å²) in [6.07, 6.45) is 2.35. The predicted molar refractivity (Wildman–Crippen MR) is 64.9 cm³/mol. The normalized spacial score (nSPS) is 12.9. The number of ether oxygens (including phenoxy) is 1. The number of rotatable bonds is 4. The van der Waals surface area contributed by atoms with Gasteiger partial charge in [0.25, 0.3) is 0 Å². The summed E-state index contributed by atoms with van der Waals surface area (Å²) in [6.45, 7) is 4.29. The lowest BCUT2D eigenvalue weighted by molar-refractivity contribution is 0.377. The Morgan fingerprint density at radius 1 is 1.53 bits per heavy atom. The number of hydrogen-bond donors (Lipinski definition) is 0. The fraction of sp³-hybridized carbons (Fsp3) is 0.600. The van der Waals surface area contributed by atoms with Crippen LogP contribution in [0.1, 0.15) is 19.5 Å². The molecule has 1 atom stereocenters. The zero-order valence-corrected chi connectivity index (χ0v) is 11.3. The quantitative estimate of drug-likeness (QED) is 0.800. The first-order valence-corrected chi connectivity index (χ1v) is 6.03. The van der Waals surface area contributed by atoms with Gasteiger partial charge in [-0.05, 0) is 5.92 Å². The van der Waals surface area contributed by atoms with Crippen molar-refractivity contribution >= 4 is 27.5 Å². The molecule has 0 aliphatic rings. The Labute approximate surface area is 103 Å². The molecule has 1 aromatic rings. The van der Waals surface area contributed by atoms with Crippen LogP contribution in [0.4, 0.5) is 0 Å². The van der Waals surface area contributed by atoms with Crippen LogP contribution in [0.5, 0.6) is 6.01 Å². The first-order chi connectivity index (χ1) is 7.04. The Kier molecular flexibility index (Phi) is 4.80. The van der Waals surface area contributed by atoms with E-state index in [2.05, 4.69) is 39.7 Å². The van der Waals surface area contributed by atoms with Crippen molar-refractivity contribution in [2.45, 2.75) is 25.1 Å².